The number of aryl methyl sites for hydroxylation is 2. The van der Waals surface area contributed by atoms with E-state index in [9.17, 15) is 0 Å². The van der Waals surface area contributed by atoms with E-state index in [0.717, 1.165) is 5.57 Å². The van der Waals surface area contributed by atoms with Crippen molar-refractivity contribution in [1.29, 1.82) is 0 Å². The van der Waals surface area contributed by atoms with E-state index in [2.05, 4.69) is 71.5 Å². The Morgan fingerprint density at radius 3 is 2.24 bits per heavy atom. The minimum absolute atomic E-state index is 1.08. The molecule has 0 spiro atoms. The second-order valence-electron chi connectivity index (χ2n) is 4.62. The van der Waals surface area contributed by atoms with Gasteiger partial charge in [-0.3, -0.25) is 0 Å². The molecule has 1 aromatic carbocycles. The van der Waals surface area contributed by atoms with Gasteiger partial charge < -0.3 is 0 Å². The predicted octanol–water partition coefficient (Wildman–Crippen LogP) is 5.23. The highest BCUT2D eigenvalue weighted by molar-refractivity contribution is 5.74. The van der Waals surface area contributed by atoms with Gasteiger partial charge in [-0.25, -0.2) is 0 Å². The summed E-state index contributed by atoms with van der Waals surface area (Å²) < 4.78 is 0. The Morgan fingerprint density at radius 2 is 1.71 bits per heavy atom. The van der Waals surface area contributed by atoms with Crippen LogP contribution in [0.25, 0.3) is 5.57 Å². The van der Waals surface area contributed by atoms with Crippen LogP contribution in [0.2, 0.25) is 0 Å². The largest absolute Gasteiger partial charge is 0.0911 e. The first-order chi connectivity index (χ1) is 7.95. The average Bonchev–Trinajstić information content (AvgIpc) is 2.31. The summed E-state index contributed by atoms with van der Waals surface area (Å²) in [6.45, 7) is 14.7. The van der Waals surface area contributed by atoms with Gasteiger partial charge in [0.1, 0.15) is 0 Å². The molecule has 0 saturated heterocycles. The Hall–Kier alpha value is -1.56. The summed E-state index contributed by atoms with van der Waals surface area (Å²) in [5.74, 6) is 0. The third-order valence-corrected chi connectivity index (χ3v) is 3.32. The molecule has 0 aliphatic heterocycles. The first-order valence-corrected chi connectivity index (χ1v) is 6.03. The van der Waals surface area contributed by atoms with Gasteiger partial charge in [0.25, 0.3) is 0 Å². The fourth-order valence-corrected chi connectivity index (χ4v) is 1.63. The van der Waals surface area contributed by atoms with Crippen LogP contribution in [0.15, 0.2) is 48.1 Å². The third-order valence-electron chi connectivity index (χ3n) is 3.32. The third kappa shape index (κ3) is 3.45. The topological polar surface area (TPSA) is 0 Å². The van der Waals surface area contributed by atoms with Gasteiger partial charge in [0.15, 0.2) is 0 Å². The Bertz CT molecular complexity index is 485. The second kappa shape index (κ2) is 5.67. The highest BCUT2D eigenvalue weighted by atomic mass is 14.1. The molecule has 0 unspecified atom stereocenters. The van der Waals surface area contributed by atoms with Crippen molar-refractivity contribution in [1.82, 2.24) is 0 Å². The van der Waals surface area contributed by atoms with Crippen LogP contribution >= 0.6 is 0 Å². The van der Waals surface area contributed by atoms with E-state index < -0.39 is 0 Å². The van der Waals surface area contributed by atoms with Gasteiger partial charge in [-0.2, -0.15) is 0 Å². The van der Waals surface area contributed by atoms with Gasteiger partial charge in [-0.15, -0.1) is 0 Å². The fraction of sp³-hybridized carbons (Fsp3) is 0.294. The number of hydrogen-bond acceptors (Lipinski definition) is 0. The van der Waals surface area contributed by atoms with Gasteiger partial charge in [-0.05, 0) is 62.5 Å². The monoisotopic (exact) mass is 226 g/mol. The molecule has 0 fully saturated rings. The molecule has 0 radical (unpaired) electrons. The van der Waals surface area contributed by atoms with Crippen molar-refractivity contribution >= 4 is 5.57 Å². The molecule has 0 heterocycles. The zero-order chi connectivity index (χ0) is 13.0. The summed E-state index contributed by atoms with van der Waals surface area (Å²) >= 11 is 0. The molecule has 0 bridgehead atoms. The molecular weight excluding hydrogens is 204 g/mol. The molecule has 0 aliphatic rings. The molecule has 0 N–H and O–H groups in total. The SMILES string of the molecule is C=C(/C=C(C)\C(C)=C/C)c1ccc(C)c(C)c1. The van der Waals surface area contributed by atoms with Crippen LogP contribution in [-0.4, -0.2) is 0 Å². The number of hydrogen-bond donors (Lipinski definition) is 0. The first kappa shape index (κ1) is 13.5. The van der Waals surface area contributed by atoms with Gasteiger partial charge in [0, 0.05) is 0 Å². The average molecular weight is 226 g/mol. The summed E-state index contributed by atoms with van der Waals surface area (Å²) in [4.78, 5) is 0. The van der Waals surface area contributed by atoms with Crippen molar-refractivity contribution < 1.29 is 0 Å². The molecule has 0 saturated carbocycles. The van der Waals surface area contributed by atoms with Gasteiger partial charge in [0.05, 0.1) is 0 Å². The molecule has 1 rings (SSSR count). The lowest BCUT2D eigenvalue weighted by Crippen LogP contribution is -1.87. The number of benzene rings is 1. The minimum Gasteiger partial charge on any atom is -0.0911 e. The maximum Gasteiger partial charge on any atom is -0.0187 e. The molecular formula is C17H22. The fourth-order valence-electron chi connectivity index (χ4n) is 1.63. The second-order valence-corrected chi connectivity index (χ2v) is 4.62. The van der Waals surface area contributed by atoms with E-state index in [-0.39, 0.29) is 0 Å². The van der Waals surface area contributed by atoms with E-state index in [0.29, 0.717) is 0 Å². The molecule has 0 heteroatoms. The van der Waals surface area contributed by atoms with Crippen LogP contribution in [0.5, 0.6) is 0 Å². The van der Waals surface area contributed by atoms with Crippen LogP contribution < -0.4 is 0 Å². The minimum atomic E-state index is 1.08. The smallest absolute Gasteiger partial charge is 0.0187 e. The zero-order valence-corrected chi connectivity index (χ0v) is 11.6. The lowest BCUT2D eigenvalue weighted by Gasteiger charge is -2.07. The van der Waals surface area contributed by atoms with Crippen LogP contribution in [0, 0.1) is 13.8 Å². The summed E-state index contributed by atoms with van der Waals surface area (Å²) in [6, 6.07) is 6.49. The van der Waals surface area contributed by atoms with Crippen molar-refractivity contribution in [2.24, 2.45) is 0 Å². The molecule has 0 aliphatic carbocycles. The Kier molecular flexibility index (Phi) is 4.51. The number of allylic oxidation sites excluding steroid dienone is 5. The molecule has 1 aromatic rings. The normalized spacial score (nSPS) is 12.8. The lowest BCUT2D eigenvalue weighted by molar-refractivity contribution is 1.32. The maximum absolute atomic E-state index is 4.15. The summed E-state index contributed by atoms with van der Waals surface area (Å²) in [7, 11) is 0. The zero-order valence-electron chi connectivity index (χ0n) is 11.6. The molecule has 0 nitrogen and oxygen atoms in total. The van der Waals surface area contributed by atoms with Crippen molar-refractivity contribution in [2.75, 3.05) is 0 Å². The van der Waals surface area contributed by atoms with E-state index >= 15 is 0 Å². The van der Waals surface area contributed by atoms with E-state index in [1.165, 1.54) is 27.8 Å². The first-order valence-electron chi connectivity index (χ1n) is 6.03. The van der Waals surface area contributed by atoms with Gasteiger partial charge in [0.2, 0.25) is 0 Å². The Balaban J connectivity index is 3.02. The molecule has 0 aromatic heterocycles. The molecule has 90 valence electrons. The van der Waals surface area contributed by atoms with Crippen molar-refractivity contribution in [3.8, 4) is 0 Å². The van der Waals surface area contributed by atoms with Gasteiger partial charge >= 0.3 is 0 Å². The van der Waals surface area contributed by atoms with Crippen molar-refractivity contribution in [3.63, 3.8) is 0 Å². The molecule has 17 heavy (non-hydrogen) atoms. The molecule has 0 atom stereocenters. The van der Waals surface area contributed by atoms with Crippen LogP contribution in [0.4, 0.5) is 0 Å². The highest BCUT2D eigenvalue weighted by Gasteiger charge is 2.00. The standard InChI is InChI=1S/C17H22/c1-7-12(2)14(4)10-16(6)17-9-8-13(3)15(5)11-17/h7-11H,6H2,1-5H3/b12-7-,14-10-. The Morgan fingerprint density at radius 1 is 1.06 bits per heavy atom. The number of rotatable bonds is 3. The summed E-state index contributed by atoms with van der Waals surface area (Å²) in [6.07, 6.45) is 4.28. The Labute approximate surface area is 105 Å². The van der Waals surface area contributed by atoms with Crippen LogP contribution in [0.3, 0.4) is 0 Å². The summed E-state index contributed by atoms with van der Waals surface area (Å²) in [5, 5.41) is 0. The van der Waals surface area contributed by atoms with E-state index in [4.69, 9.17) is 0 Å². The highest BCUT2D eigenvalue weighted by Crippen LogP contribution is 2.21. The van der Waals surface area contributed by atoms with E-state index in [1.807, 2.05) is 0 Å². The van der Waals surface area contributed by atoms with Crippen molar-refractivity contribution in [2.45, 2.75) is 34.6 Å². The van der Waals surface area contributed by atoms with Gasteiger partial charge in [-0.1, -0.05) is 42.5 Å². The van der Waals surface area contributed by atoms with Crippen LogP contribution in [0.1, 0.15) is 37.5 Å². The molecule has 0 amide bonds. The van der Waals surface area contributed by atoms with E-state index in [1.54, 1.807) is 0 Å². The predicted molar refractivity (Wildman–Crippen MR) is 78.1 cm³/mol. The maximum atomic E-state index is 4.15. The summed E-state index contributed by atoms with van der Waals surface area (Å²) in [5.41, 5.74) is 7.50. The lowest BCUT2D eigenvalue weighted by atomic mass is 9.98. The van der Waals surface area contributed by atoms with Crippen molar-refractivity contribution in [3.05, 3.63) is 64.8 Å². The van der Waals surface area contributed by atoms with Crippen LogP contribution in [-0.2, 0) is 0 Å². The quantitative estimate of drug-likeness (QED) is 0.619.